The van der Waals surface area contributed by atoms with Gasteiger partial charge in [0.15, 0.2) is 0 Å². The first kappa shape index (κ1) is 16.6. The second-order valence-corrected chi connectivity index (χ2v) is 7.14. The maximum Gasteiger partial charge on any atom is 0.255 e. The van der Waals surface area contributed by atoms with E-state index in [9.17, 15) is 9.59 Å². The maximum absolute atomic E-state index is 12.4. The molecule has 2 aromatic carbocycles. The molecule has 2 amide bonds. The smallest absolute Gasteiger partial charge is 0.255 e. The van der Waals surface area contributed by atoms with Gasteiger partial charge in [-0.3, -0.25) is 9.59 Å². The molecule has 0 unspecified atom stereocenters. The Morgan fingerprint density at radius 1 is 1.08 bits per heavy atom. The Morgan fingerprint density at radius 2 is 1.85 bits per heavy atom. The van der Waals surface area contributed by atoms with Crippen LogP contribution in [0.3, 0.4) is 0 Å². The van der Waals surface area contributed by atoms with Gasteiger partial charge < -0.3 is 15.4 Å². The second-order valence-electron chi connectivity index (χ2n) is 7.14. The summed E-state index contributed by atoms with van der Waals surface area (Å²) in [5.74, 6) is 0.525. The van der Waals surface area contributed by atoms with E-state index in [4.69, 9.17) is 4.74 Å². The predicted octanol–water partition coefficient (Wildman–Crippen LogP) is 3.08. The molecule has 1 aliphatic heterocycles. The Balaban J connectivity index is 1.45. The summed E-state index contributed by atoms with van der Waals surface area (Å²) < 4.78 is 5.74. The predicted molar refractivity (Wildman–Crippen MR) is 99.4 cm³/mol. The van der Waals surface area contributed by atoms with Crippen molar-refractivity contribution < 1.29 is 14.3 Å². The van der Waals surface area contributed by atoms with E-state index >= 15 is 0 Å². The molecule has 1 saturated carbocycles. The van der Waals surface area contributed by atoms with Gasteiger partial charge in [0.2, 0.25) is 5.91 Å². The third-order valence-electron chi connectivity index (χ3n) is 4.83. The van der Waals surface area contributed by atoms with Gasteiger partial charge in [0.1, 0.15) is 12.4 Å². The molecular formula is C21H22N2O3. The number of amides is 2. The van der Waals surface area contributed by atoms with Gasteiger partial charge >= 0.3 is 0 Å². The molecule has 2 N–H and O–H groups in total. The highest BCUT2D eigenvalue weighted by Gasteiger charge is 2.30. The third kappa shape index (κ3) is 3.72. The van der Waals surface area contributed by atoms with Crippen molar-refractivity contribution in [2.24, 2.45) is 5.92 Å². The Hall–Kier alpha value is -2.82. The summed E-state index contributed by atoms with van der Waals surface area (Å²) in [7, 11) is 0. The normalized spacial score (nSPS) is 18.4. The molecule has 5 heteroatoms. The van der Waals surface area contributed by atoms with Gasteiger partial charge in [0.05, 0.1) is 5.92 Å². The zero-order valence-electron chi connectivity index (χ0n) is 14.7. The molecule has 0 saturated heterocycles. The van der Waals surface area contributed by atoms with Crippen molar-refractivity contribution in [1.29, 1.82) is 0 Å². The lowest BCUT2D eigenvalue weighted by atomic mass is 9.95. The zero-order chi connectivity index (χ0) is 18.1. The standard InChI is InChI=1S/C21H22N2O3/c1-13-2-4-14(5-3-13)20(24)23-18-8-9-19-15(11-18)10-16(12-26-19)21(25)22-17-6-7-17/h2-5,8-9,11,16-17H,6-7,10,12H2,1H3,(H,22,25)(H,23,24)/t16-/m0/s1. The SMILES string of the molecule is Cc1ccc(C(=O)Nc2ccc3c(c2)C[C@H](C(=O)NC2CC2)CO3)cc1. The van der Waals surface area contributed by atoms with Crippen molar-refractivity contribution in [2.45, 2.75) is 32.2 Å². The maximum atomic E-state index is 12.4. The molecule has 0 spiro atoms. The summed E-state index contributed by atoms with van der Waals surface area (Å²) >= 11 is 0. The molecule has 1 atom stereocenters. The first-order valence-corrected chi connectivity index (χ1v) is 9.02. The molecule has 1 aliphatic carbocycles. The molecule has 4 rings (SSSR count). The lowest BCUT2D eigenvalue weighted by Gasteiger charge is -2.25. The highest BCUT2D eigenvalue weighted by atomic mass is 16.5. The van der Waals surface area contributed by atoms with E-state index in [-0.39, 0.29) is 17.7 Å². The minimum absolute atomic E-state index is 0.0623. The minimum atomic E-state index is -0.175. The summed E-state index contributed by atoms with van der Waals surface area (Å²) in [4.78, 5) is 24.7. The summed E-state index contributed by atoms with van der Waals surface area (Å²) in [5, 5.41) is 5.96. The minimum Gasteiger partial charge on any atom is -0.492 e. The Morgan fingerprint density at radius 3 is 2.58 bits per heavy atom. The molecule has 26 heavy (non-hydrogen) atoms. The van der Waals surface area contributed by atoms with E-state index in [0.717, 1.165) is 29.7 Å². The van der Waals surface area contributed by atoms with E-state index in [1.165, 1.54) is 0 Å². The van der Waals surface area contributed by atoms with Crippen LogP contribution in [-0.2, 0) is 11.2 Å². The van der Waals surface area contributed by atoms with Gasteiger partial charge in [-0.25, -0.2) is 0 Å². The van der Waals surface area contributed by atoms with E-state index in [0.29, 0.717) is 30.3 Å². The summed E-state index contributed by atoms with van der Waals surface area (Å²) in [6.45, 7) is 2.39. The van der Waals surface area contributed by atoms with Crippen LogP contribution < -0.4 is 15.4 Å². The van der Waals surface area contributed by atoms with Gasteiger partial charge in [-0.15, -0.1) is 0 Å². The van der Waals surface area contributed by atoms with Gasteiger partial charge in [-0.2, -0.15) is 0 Å². The quantitative estimate of drug-likeness (QED) is 0.890. The molecule has 2 aromatic rings. The van der Waals surface area contributed by atoms with Gasteiger partial charge in [-0.05, 0) is 62.1 Å². The Kier molecular flexibility index (Phi) is 4.37. The number of aryl methyl sites for hydroxylation is 1. The summed E-state index contributed by atoms with van der Waals surface area (Å²) in [6, 6.07) is 13.4. The number of rotatable bonds is 4. The van der Waals surface area contributed by atoms with Crippen molar-refractivity contribution in [1.82, 2.24) is 5.32 Å². The number of carbonyl (C=O) groups excluding carboxylic acids is 2. The van der Waals surface area contributed by atoms with Crippen LogP contribution in [0.4, 0.5) is 5.69 Å². The van der Waals surface area contributed by atoms with Crippen molar-refractivity contribution in [2.75, 3.05) is 11.9 Å². The Bertz CT molecular complexity index is 841. The molecule has 0 bridgehead atoms. The first-order chi connectivity index (χ1) is 12.6. The Labute approximate surface area is 152 Å². The highest BCUT2D eigenvalue weighted by molar-refractivity contribution is 6.04. The topological polar surface area (TPSA) is 67.4 Å². The number of fused-ring (bicyclic) bond motifs is 1. The van der Waals surface area contributed by atoms with Gasteiger partial charge in [-0.1, -0.05) is 17.7 Å². The summed E-state index contributed by atoms with van der Waals surface area (Å²) in [6.07, 6.45) is 2.78. The van der Waals surface area contributed by atoms with Crippen molar-refractivity contribution >= 4 is 17.5 Å². The fourth-order valence-electron chi connectivity index (χ4n) is 3.10. The van der Waals surface area contributed by atoms with Crippen LogP contribution in [0.25, 0.3) is 0 Å². The van der Waals surface area contributed by atoms with Crippen LogP contribution in [-0.4, -0.2) is 24.5 Å². The van der Waals surface area contributed by atoms with Crippen LogP contribution in [0.5, 0.6) is 5.75 Å². The largest absolute Gasteiger partial charge is 0.492 e. The molecule has 1 fully saturated rings. The number of ether oxygens (including phenoxy) is 1. The third-order valence-corrected chi connectivity index (χ3v) is 4.83. The fourth-order valence-corrected chi connectivity index (χ4v) is 3.10. The van der Waals surface area contributed by atoms with Crippen molar-refractivity contribution in [3.8, 4) is 5.75 Å². The number of hydrogen-bond acceptors (Lipinski definition) is 3. The van der Waals surface area contributed by atoms with E-state index < -0.39 is 0 Å². The number of benzene rings is 2. The van der Waals surface area contributed by atoms with Crippen LogP contribution in [0.2, 0.25) is 0 Å². The highest BCUT2D eigenvalue weighted by Crippen LogP contribution is 2.31. The first-order valence-electron chi connectivity index (χ1n) is 9.02. The average molecular weight is 350 g/mol. The molecule has 0 radical (unpaired) electrons. The van der Waals surface area contributed by atoms with E-state index in [1.54, 1.807) is 0 Å². The summed E-state index contributed by atoms with van der Waals surface area (Å²) in [5.41, 5.74) is 3.39. The lowest BCUT2D eigenvalue weighted by molar-refractivity contribution is -0.126. The molecule has 134 valence electrons. The van der Waals surface area contributed by atoms with E-state index in [2.05, 4.69) is 10.6 Å². The van der Waals surface area contributed by atoms with Crippen LogP contribution in [0, 0.1) is 12.8 Å². The fraction of sp³-hybridized carbons (Fsp3) is 0.333. The molecule has 1 heterocycles. The van der Waals surface area contributed by atoms with Gasteiger partial charge in [0, 0.05) is 17.3 Å². The van der Waals surface area contributed by atoms with Crippen molar-refractivity contribution in [3.63, 3.8) is 0 Å². The van der Waals surface area contributed by atoms with E-state index in [1.807, 2.05) is 49.4 Å². The van der Waals surface area contributed by atoms with Crippen LogP contribution in [0.15, 0.2) is 42.5 Å². The lowest BCUT2D eigenvalue weighted by Crippen LogP contribution is -2.38. The van der Waals surface area contributed by atoms with Crippen LogP contribution in [0.1, 0.15) is 34.3 Å². The number of anilines is 1. The number of hydrogen-bond donors (Lipinski definition) is 2. The average Bonchev–Trinajstić information content (AvgIpc) is 3.45. The molecule has 5 nitrogen and oxygen atoms in total. The zero-order valence-corrected chi connectivity index (χ0v) is 14.7. The molecular weight excluding hydrogens is 328 g/mol. The molecule has 2 aliphatic rings. The van der Waals surface area contributed by atoms with Crippen molar-refractivity contribution in [3.05, 3.63) is 59.2 Å². The van der Waals surface area contributed by atoms with Crippen LogP contribution >= 0.6 is 0 Å². The van der Waals surface area contributed by atoms with Gasteiger partial charge in [0.25, 0.3) is 5.91 Å². The molecule has 0 aromatic heterocycles. The monoisotopic (exact) mass is 350 g/mol. The number of carbonyl (C=O) groups is 2. The number of nitrogens with one attached hydrogen (secondary N) is 2. The second kappa shape index (κ2) is 6.83.